The van der Waals surface area contributed by atoms with Crippen molar-refractivity contribution in [1.29, 1.82) is 0 Å². The van der Waals surface area contributed by atoms with Crippen molar-refractivity contribution in [2.24, 2.45) is 5.41 Å². The van der Waals surface area contributed by atoms with Crippen molar-refractivity contribution in [1.82, 2.24) is 10.2 Å². The third kappa shape index (κ3) is 2.82. The summed E-state index contributed by atoms with van der Waals surface area (Å²) < 4.78 is 0.687. The molecule has 1 aromatic heterocycles. The molecular formula is C13H14BrN3O3. The van der Waals surface area contributed by atoms with Gasteiger partial charge in [-0.05, 0) is 28.1 Å². The molecule has 0 aliphatic carbocycles. The maximum Gasteiger partial charge on any atom is 0.304 e. The summed E-state index contributed by atoms with van der Waals surface area (Å²) in [7, 11) is 0. The Bertz CT molecular complexity index is 679. The number of aromatic amines is 1. The summed E-state index contributed by atoms with van der Waals surface area (Å²) in [6, 6.07) is 3.57. The SMILES string of the molecule is CC(C)(CC(=O)O)C(=O)Nc1ccc2cn[nH]c2c1Br. The molecule has 0 atom stereocenters. The number of halogens is 1. The first-order chi connectivity index (χ1) is 9.31. The molecule has 0 fully saturated rings. The minimum Gasteiger partial charge on any atom is -0.481 e. The third-order valence-corrected chi connectivity index (χ3v) is 3.83. The summed E-state index contributed by atoms with van der Waals surface area (Å²) in [6.45, 7) is 3.19. The molecule has 3 N–H and O–H groups in total. The fourth-order valence-corrected chi connectivity index (χ4v) is 2.37. The summed E-state index contributed by atoms with van der Waals surface area (Å²) >= 11 is 3.40. The van der Waals surface area contributed by atoms with Gasteiger partial charge in [-0.3, -0.25) is 14.7 Å². The summed E-state index contributed by atoms with van der Waals surface area (Å²) in [5, 5.41) is 19.2. The van der Waals surface area contributed by atoms with E-state index in [1.54, 1.807) is 26.1 Å². The average Bonchev–Trinajstić information content (AvgIpc) is 2.80. The van der Waals surface area contributed by atoms with Crippen molar-refractivity contribution in [3.05, 3.63) is 22.8 Å². The van der Waals surface area contributed by atoms with Crippen LogP contribution >= 0.6 is 15.9 Å². The molecule has 0 saturated carbocycles. The minimum atomic E-state index is -1.01. The van der Waals surface area contributed by atoms with Crippen molar-refractivity contribution in [2.75, 3.05) is 5.32 Å². The van der Waals surface area contributed by atoms with E-state index in [1.807, 2.05) is 6.07 Å². The first-order valence-electron chi connectivity index (χ1n) is 5.96. The number of hydrogen-bond donors (Lipinski definition) is 3. The predicted octanol–water partition coefficient (Wildman–Crippen LogP) is 2.76. The van der Waals surface area contributed by atoms with Gasteiger partial charge in [0.25, 0.3) is 0 Å². The number of carboxylic acid groups (broad SMARTS) is 1. The molecule has 6 nitrogen and oxygen atoms in total. The topological polar surface area (TPSA) is 95.1 Å². The van der Waals surface area contributed by atoms with Crippen LogP contribution in [0.1, 0.15) is 20.3 Å². The van der Waals surface area contributed by atoms with Crippen molar-refractivity contribution >= 4 is 44.4 Å². The van der Waals surface area contributed by atoms with Gasteiger partial charge in [0, 0.05) is 5.39 Å². The number of carbonyl (C=O) groups excluding carboxylic acids is 1. The molecule has 2 aromatic rings. The van der Waals surface area contributed by atoms with Crippen molar-refractivity contribution in [3.63, 3.8) is 0 Å². The van der Waals surface area contributed by atoms with E-state index in [0.717, 1.165) is 10.9 Å². The molecule has 2 rings (SSSR count). The number of nitrogens with one attached hydrogen (secondary N) is 2. The second-order valence-electron chi connectivity index (χ2n) is 5.17. The first-order valence-corrected chi connectivity index (χ1v) is 6.75. The number of anilines is 1. The number of benzene rings is 1. The lowest BCUT2D eigenvalue weighted by molar-refractivity contribution is -0.142. The molecule has 1 heterocycles. The molecule has 0 bridgehead atoms. The summed E-state index contributed by atoms with van der Waals surface area (Å²) in [6.07, 6.45) is 1.45. The molecule has 0 aliphatic heterocycles. The Kier molecular flexibility index (Phi) is 3.80. The quantitative estimate of drug-likeness (QED) is 0.798. The highest BCUT2D eigenvalue weighted by molar-refractivity contribution is 9.10. The molecule has 0 saturated heterocycles. The lowest BCUT2D eigenvalue weighted by atomic mass is 9.88. The van der Waals surface area contributed by atoms with E-state index in [2.05, 4.69) is 31.4 Å². The third-order valence-electron chi connectivity index (χ3n) is 3.01. The van der Waals surface area contributed by atoms with Gasteiger partial charge < -0.3 is 10.4 Å². The van der Waals surface area contributed by atoms with Crippen LogP contribution in [0.3, 0.4) is 0 Å². The van der Waals surface area contributed by atoms with Gasteiger partial charge in [-0.1, -0.05) is 13.8 Å². The van der Waals surface area contributed by atoms with E-state index in [-0.39, 0.29) is 12.3 Å². The van der Waals surface area contributed by atoms with Gasteiger partial charge in [0.15, 0.2) is 0 Å². The predicted molar refractivity (Wildman–Crippen MR) is 78.5 cm³/mol. The van der Waals surface area contributed by atoms with Gasteiger partial charge in [-0.15, -0.1) is 0 Å². The number of fused-ring (bicyclic) bond motifs is 1. The lowest BCUT2D eigenvalue weighted by Gasteiger charge is -2.21. The number of aromatic nitrogens is 2. The second-order valence-corrected chi connectivity index (χ2v) is 5.96. The van der Waals surface area contributed by atoms with Crippen LogP contribution in [0.4, 0.5) is 5.69 Å². The fourth-order valence-electron chi connectivity index (χ4n) is 1.82. The largest absolute Gasteiger partial charge is 0.481 e. The Balaban J connectivity index is 2.25. The van der Waals surface area contributed by atoms with Crippen molar-refractivity contribution < 1.29 is 14.7 Å². The Hall–Kier alpha value is -1.89. The summed E-state index contributed by atoms with van der Waals surface area (Å²) in [5.41, 5.74) is 0.359. The van der Waals surface area contributed by atoms with Gasteiger partial charge in [-0.25, -0.2) is 0 Å². The van der Waals surface area contributed by atoms with E-state index in [0.29, 0.717) is 10.2 Å². The Morgan fingerprint density at radius 1 is 1.45 bits per heavy atom. The van der Waals surface area contributed by atoms with E-state index in [9.17, 15) is 9.59 Å². The number of aliphatic carboxylic acids is 1. The molecule has 106 valence electrons. The monoisotopic (exact) mass is 339 g/mol. The normalized spacial score (nSPS) is 11.6. The highest BCUT2D eigenvalue weighted by atomic mass is 79.9. The Morgan fingerprint density at radius 3 is 2.80 bits per heavy atom. The second kappa shape index (κ2) is 5.24. The molecule has 0 spiro atoms. The Labute approximate surface area is 123 Å². The summed E-state index contributed by atoms with van der Waals surface area (Å²) in [5.74, 6) is -1.35. The van der Waals surface area contributed by atoms with Crippen LogP contribution in [0, 0.1) is 5.41 Å². The molecule has 1 aromatic carbocycles. The minimum absolute atomic E-state index is 0.233. The molecule has 0 radical (unpaired) electrons. The average molecular weight is 340 g/mol. The molecule has 0 aliphatic rings. The smallest absolute Gasteiger partial charge is 0.304 e. The number of H-pyrrole nitrogens is 1. The number of amides is 1. The standard InChI is InChI=1S/C13H14BrN3O3/c1-13(2,5-9(18)19)12(20)16-8-4-3-7-6-15-17-11(7)10(8)14/h3-4,6H,5H2,1-2H3,(H,15,17)(H,16,20)(H,18,19). The van der Waals surface area contributed by atoms with E-state index >= 15 is 0 Å². The van der Waals surface area contributed by atoms with Gasteiger partial charge >= 0.3 is 5.97 Å². The van der Waals surface area contributed by atoms with Crippen LogP contribution < -0.4 is 5.32 Å². The molecule has 1 amide bonds. The van der Waals surface area contributed by atoms with Crippen LogP contribution in [0.2, 0.25) is 0 Å². The molecule has 7 heteroatoms. The molecular weight excluding hydrogens is 326 g/mol. The van der Waals surface area contributed by atoms with Crippen LogP contribution in [0.25, 0.3) is 10.9 Å². The lowest BCUT2D eigenvalue weighted by Crippen LogP contribution is -2.33. The maximum absolute atomic E-state index is 12.2. The van der Waals surface area contributed by atoms with E-state index in [4.69, 9.17) is 5.11 Å². The van der Waals surface area contributed by atoms with Gasteiger partial charge in [0.2, 0.25) is 5.91 Å². The Morgan fingerprint density at radius 2 is 2.15 bits per heavy atom. The van der Waals surface area contributed by atoms with Crippen molar-refractivity contribution in [3.8, 4) is 0 Å². The molecule has 0 unspecified atom stereocenters. The highest BCUT2D eigenvalue weighted by Gasteiger charge is 2.31. The maximum atomic E-state index is 12.2. The fraction of sp³-hybridized carbons (Fsp3) is 0.308. The van der Waals surface area contributed by atoms with Crippen LogP contribution in [-0.2, 0) is 9.59 Å². The van der Waals surface area contributed by atoms with E-state index in [1.165, 1.54) is 0 Å². The van der Waals surface area contributed by atoms with Crippen LogP contribution in [0.15, 0.2) is 22.8 Å². The number of hydrogen-bond acceptors (Lipinski definition) is 3. The van der Waals surface area contributed by atoms with Crippen molar-refractivity contribution in [2.45, 2.75) is 20.3 Å². The highest BCUT2D eigenvalue weighted by Crippen LogP contribution is 2.31. The van der Waals surface area contributed by atoms with Gasteiger partial charge in [0.1, 0.15) is 0 Å². The number of carbonyl (C=O) groups is 2. The van der Waals surface area contributed by atoms with E-state index < -0.39 is 11.4 Å². The van der Waals surface area contributed by atoms with Crippen LogP contribution in [0.5, 0.6) is 0 Å². The zero-order valence-corrected chi connectivity index (χ0v) is 12.6. The zero-order chi connectivity index (χ0) is 14.9. The number of carboxylic acids is 1. The van der Waals surface area contributed by atoms with Gasteiger partial charge in [0.05, 0.1) is 33.7 Å². The number of rotatable bonds is 4. The van der Waals surface area contributed by atoms with Gasteiger partial charge in [-0.2, -0.15) is 5.10 Å². The van der Waals surface area contributed by atoms with Crippen LogP contribution in [-0.4, -0.2) is 27.2 Å². The first kappa shape index (κ1) is 14.5. The number of nitrogens with zero attached hydrogens (tertiary/aromatic N) is 1. The molecule has 20 heavy (non-hydrogen) atoms. The zero-order valence-electron chi connectivity index (χ0n) is 11.0. The summed E-state index contributed by atoms with van der Waals surface area (Å²) in [4.78, 5) is 23.0.